The lowest BCUT2D eigenvalue weighted by molar-refractivity contribution is -0.178. The van der Waals surface area contributed by atoms with E-state index < -0.39 is 29.1 Å². The van der Waals surface area contributed by atoms with Crippen molar-refractivity contribution in [2.45, 2.75) is 31.1 Å². The number of hydrogen-bond donors (Lipinski definition) is 3. The fraction of sp³-hybridized carbons (Fsp3) is 0.353. The standard InChI is InChI=1S/C17H14F4N6O/c18-12-6-11-13(5-10(12)7-27-8-23-14(22)26-27)24-15(28)25-16(11,17(19,20)21)4-3-9-1-2-9/h5-6,8-9H,1-2,7H2,(H2,22,26)(H2,24,25,28)/t16-/m0/s1. The first kappa shape index (κ1) is 18.1. The van der Waals surface area contributed by atoms with Crippen molar-refractivity contribution in [1.29, 1.82) is 0 Å². The van der Waals surface area contributed by atoms with E-state index in [1.54, 1.807) is 0 Å². The lowest BCUT2D eigenvalue weighted by Gasteiger charge is -2.37. The molecular weight excluding hydrogens is 380 g/mol. The summed E-state index contributed by atoms with van der Waals surface area (Å²) in [5.41, 5.74) is 1.77. The smallest absolute Gasteiger partial charge is 0.367 e. The Morgan fingerprint density at radius 1 is 1.36 bits per heavy atom. The van der Waals surface area contributed by atoms with Crippen molar-refractivity contribution in [3.8, 4) is 11.8 Å². The molecule has 7 nitrogen and oxygen atoms in total. The van der Waals surface area contributed by atoms with Crippen LogP contribution in [0.4, 0.5) is 34.0 Å². The van der Waals surface area contributed by atoms with Crippen LogP contribution < -0.4 is 16.4 Å². The second-order valence-corrected chi connectivity index (χ2v) is 6.66. The van der Waals surface area contributed by atoms with Crippen molar-refractivity contribution < 1.29 is 22.4 Å². The van der Waals surface area contributed by atoms with Crippen LogP contribution >= 0.6 is 0 Å². The van der Waals surface area contributed by atoms with Crippen molar-refractivity contribution >= 4 is 17.7 Å². The Kier molecular flexibility index (Phi) is 3.95. The summed E-state index contributed by atoms with van der Waals surface area (Å²) >= 11 is 0. The molecule has 4 rings (SSSR count). The Balaban J connectivity index is 1.82. The van der Waals surface area contributed by atoms with Gasteiger partial charge in [0.25, 0.3) is 0 Å². The SMILES string of the molecule is Nc1ncn(Cc2cc3c(cc2F)[C@@](C#CC2CC2)(C(F)(F)F)NC(=O)N3)n1. The Hall–Kier alpha value is -3.29. The summed E-state index contributed by atoms with van der Waals surface area (Å²) in [6.07, 6.45) is -2.28. The van der Waals surface area contributed by atoms with Gasteiger partial charge in [0.1, 0.15) is 12.1 Å². The second-order valence-electron chi connectivity index (χ2n) is 6.66. The highest BCUT2D eigenvalue weighted by Gasteiger charge is 2.59. The van der Waals surface area contributed by atoms with Gasteiger partial charge in [-0.15, -0.1) is 5.10 Å². The first-order chi connectivity index (χ1) is 13.2. The van der Waals surface area contributed by atoms with Gasteiger partial charge < -0.3 is 16.4 Å². The molecule has 0 radical (unpaired) electrons. The van der Waals surface area contributed by atoms with Gasteiger partial charge in [0.15, 0.2) is 0 Å². The molecule has 1 aromatic carbocycles. The fourth-order valence-corrected chi connectivity index (χ4v) is 2.93. The largest absolute Gasteiger partial charge is 0.427 e. The predicted octanol–water partition coefficient (Wildman–Crippen LogP) is 2.35. The van der Waals surface area contributed by atoms with E-state index >= 15 is 0 Å². The van der Waals surface area contributed by atoms with E-state index in [0.717, 1.165) is 12.1 Å². The number of nitrogens with one attached hydrogen (secondary N) is 2. The summed E-state index contributed by atoms with van der Waals surface area (Å²) in [4.78, 5) is 15.7. The summed E-state index contributed by atoms with van der Waals surface area (Å²) in [6.45, 7) is -0.126. The van der Waals surface area contributed by atoms with E-state index in [-0.39, 0.29) is 29.7 Å². The van der Waals surface area contributed by atoms with Crippen LogP contribution in [-0.4, -0.2) is 27.0 Å². The minimum absolute atomic E-state index is 0.0112. The highest BCUT2D eigenvalue weighted by molar-refractivity contribution is 5.95. The van der Waals surface area contributed by atoms with Crippen molar-refractivity contribution in [3.63, 3.8) is 0 Å². The van der Waals surface area contributed by atoms with Crippen molar-refractivity contribution in [2.24, 2.45) is 5.92 Å². The van der Waals surface area contributed by atoms with Gasteiger partial charge in [0.05, 0.1) is 6.54 Å². The number of halogens is 4. The highest BCUT2D eigenvalue weighted by Crippen LogP contribution is 2.45. The Bertz CT molecular complexity index is 1020. The number of benzene rings is 1. The number of nitrogens with zero attached hydrogens (tertiary/aromatic N) is 3. The summed E-state index contributed by atoms with van der Waals surface area (Å²) < 4.78 is 57.9. The number of urea groups is 1. The van der Waals surface area contributed by atoms with Crippen LogP contribution in [0, 0.1) is 23.6 Å². The highest BCUT2D eigenvalue weighted by atomic mass is 19.4. The molecule has 2 aliphatic rings. The van der Waals surface area contributed by atoms with Gasteiger partial charge in [0.2, 0.25) is 11.5 Å². The zero-order chi connectivity index (χ0) is 20.1. The quantitative estimate of drug-likeness (QED) is 0.538. The molecule has 4 N–H and O–H groups in total. The molecule has 1 atom stereocenters. The van der Waals surface area contributed by atoms with E-state index in [2.05, 4.69) is 27.2 Å². The maximum absolute atomic E-state index is 14.7. The second kappa shape index (κ2) is 6.12. The lowest BCUT2D eigenvalue weighted by Crippen LogP contribution is -2.59. The molecule has 0 unspecified atom stereocenters. The number of nitrogens with two attached hydrogens (primary N) is 1. The molecule has 146 valence electrons. The van der Waals surface area contributed by atoms with E-state index in [1.807, 2.05) is 5.32 Å². The molecule has 0 bridgehead atoms. The number of aromatic nitrogens is 3. The molecule has 2 amide bonds. The Morgan fingerprint density at radius 3 is 2.71 bits per heavy atom. The zero-order valence-electron chi connectivity index (χ0n) is 14.3. The van der Waals surface area contributed by atoms with Gasteiger partial charge in [0, 0.05) is 22.7 Å². The van der Waals surface area contributed by atoms with Gasteiger partial charge >= 0.3 is 12.2 Å². The van der Waals surface area contributed by atoms with E-state index in [0.29, 0.717) is 12.8 Å². The summed E-state index contributed by atoms with van der Waals surface area (Å²) in [6, 6.07) is 0.810. The monoisotopic (exact) mass is 394 g/mol. The molecule has 28 heavy (non-hydrogen) atoms. The molecular formula is C17H14F4N6O. The van der Waals surface area contributed by atoms with E-state index in [1.165, 1.54) is 11.0 Å². The summed E-state index contributed by atoms with van der Waals surface area (Å²) in [7, 11) is 0. The molecule has 0 spiro atoms. The number of carbonyl (C=O) groups is 1. The number of hydrogen-bond acceptors (Lipinski definition) is 4. The van der Waals surface area contributed by atoms with Gasteiger partial charge in [-0.1, -0.05) is 11.8 Å². The van der Waals surface area contributed by atoms with E-state index in [9.17, 15) is 22.4 Å². The first-order valence-electron chi connectivity index (χ1n) is 8.34. The maximum atomic E-state index is 14.7. The first-order valence-corrected chi connectivity index (χ1v) is 8.34. The van der Waals surface area contributed by atoms with Crippen molar-refractivity contribution in [3.05, 3.63) is 35.4 Å². The molecule has 1 aliphatic heterocycles. The third kappa shape index (κ3) is 3.11. The average Bonchev–Trinajstić information content (AvgIpc) is 3.34. The Labute approximate surface area is 156 Å². The molecule has 0 saturated heterocycles. The third-order valence-corrected chi connectivity index (χ3v) is 4.49. The normalized spacial score (nSPS) is 21.2. The van der Waals surface area contributed by atoms with Crippen LogP contribution in [0.2, 0.25) is 0 Å². The van der Waals surface area contributed by atoms with Crippen LogP contribution in [0.5, 0.6) is 0 Å². The number of rotatable bonds is 2. The van der Waals surface area contributed by atoms with Gasteiger partial charge in [-0.05, 0) is 25.0 Å². The van der Waals surface area contributed by atoms with Gasteiger partial charge in [-0.2, -0.15) is 13.2 Å². The van der Waals surface area contributed by atoms with Crippen molar-refractivity contribution in [2.75, 3.05) is 11.1 Å². The average molecular weight is 394 g/mol. The predicted molar refractivity (Wildman–Crippen MR) is 90.3 cm³/mol. The lowest BCUT2D eigenvalue weighted by atomic mass is 9.85. The molecule has 1 aromatic heterocycles. The summed E-state index contributed by atoms with van der Waals surface area (Å²) in [5.74, 6) is 3.64. The molecule has 11 heteroatoms. The molecule has 2 heterocycles. The van der Waals surface area contributed by atoms with Gasteiger partial charge in [-0.25, -0.2) is 18.9 Å². The molecule has 1 saturated carbocycles. The molecule has 1 aliphatic carbocycles. The summed E-state index contributed by atoms with van der Waals surface area (Å²) in [5, 5.41) is 7.96. The van der Waals surface area contributed by atoms with Crippen LogP contribution in [-0.2, 0) is 12.1 Å². The number of amides is 2. The van der Waals surface area contributed by atoms with Gasteiger partial charge in [-0.3, -0.25) is 0 Å². The van der Waals surface area contributed by atoms with Crippen molar-refractivity contribution in [1.82, 2.24) is 20.1 Å². The number of fused-ring (bicyclic) bond motifs is 1. The maximum Gasteiger partial charge on any atom is 0.427 e. The molecule has 2 aromatic rings. The number of anilines is 2. The van der Waals surface area contributed by atoms with E-state index in [4.69, 9.17) is 5.73 Å². The number of alkyl halides is 3. The Morgan fingerprint density at radius 2 is 2.11 bits per heavy atom. The third-order valence-electron chi connectivity index (χ3n) is 4.49. The van der Waals surface area contributed by atoms with Crippen LogP contribution in [0.15, 0.2) is 18.5 Å². The zero-order valence-corrected chi connectivity index (χ0v) is 14.3. The fourth-order valence-electron chi connectivity index (χ4n) is 2.93. The van der Waals surface area contributed by atoms with Crippen LogP contribution in [0.1, 0.15) is 24.0 Å². The minimum Gasteiger partial charge on any atom is -0.367 e. The van der Waals surface area contributed by atoms with Crippen LogP contribution in [0.25, 0.3) is 0 Å². The van der Waals surface area contributed by atoms with Crippen LogP contribution in [0.3, 0.4) is 0 Å². The number of nitrogen functional groups attached to an aromatic ring is 1. The number of carbonyl (C=O) groups excluding carboxylic acids is 1. The topological polar surface area (TPSA) is 97.9 Å². The minimum atomic E-state index is -4.95. The molecule has 1 fully saturated rings.